The van der Waals surface area contributed by atoms with Gasteiger partial charge >= 0.3 is 0 Å². The monoisotopic (exact) mass is 475 g/mol. The molecule has 1 amide bonds. The number of carbonyl (C=O) groups is 1. The second kappa shape index (κ2) is 9.60. The van der Waals surface area contributed by atoms with Crippen molar-refractivity contribution in [3.63, 3.8) is 0 Å². The Hall–Kier alpha value is -1.79. The zero-order chi connectivity index (χ0) is 21.4. The molecule has 5 nitrogen and oxygen atoms in total. The van der Waals surface area contributed by atoms with Crippen LogP contribution in [0.3, 0.4) is 0 Å². The second-order valence-corrected chi connectivity index (χ2v) is 9.48. The fraction of sp³-hybridized carbons (Fsp3) is 0.480. The lowest BCUT2D eigenvalue weighted by Gasteiger charge is -2.46. The molecule has 2 saturated heterocycles. The van der Waals surface area contributed by atoms with Crippen LogP contribution in [0.4, 0.5) is 5.69 Å². The molecule has 2 fully saturated rings. The summed E-state index contributed by atoms with van der Waals surface area (Å²) in [6.45, 7) is 2.53. The van der Waals surface area contributed by atoms with Crippen LogP contribution < -0.4 is 10.2 Å². The van der Waals surface area contributed by atoms with Gasteiger partial charge in [0.1, 0.15) is 5.54 Å². The number of hydrogen-bond acceptors (Lipinski definition) is 4. The molecule has 2 aromatic carbocycles. The number of aliphatic hydroxyl groups excluding tert-OH is 1. The Morgan fingerprint density at radius 3 is 2.72 bits per heavy atom. The number of hydrogen-bond donors (Lipinski definition) is 2. The minimum atomic E-state index is -0.474. The molecular weight excluding hydrogens is 445 g/mol. The standard InChI is InChI=1S/C25H30ClN3O2.ClH/c26-23-6-2-4-19-7-8-20(16-22(19)23)28-12-10-25(11-13-28)24(31)27-17-29(25)21-5-1-3-18(15-21)9-14-30;/h1-6,15,20,30H,7-14,16-17H2,(H,27,31);1H. The maximum atomic E-state index is 13.0. The summed E-state index contributed by atoms with van der Waals surface area (Å²) in [4.78, 5) is 17.8. The van der Waals surface area contributed by atoms with E-state index in [-0.39, 0.29) is 24.9 Å². The number of rotatable bonds is 4. The van der Waals surface area contributed by atoms with Crippen LogP contribution in [0.1, 0.15) is 36.0 Å². The van der Waals surface area contributed by atoms with Gasteiger partial charge in [-0.3, -0.25) is 9.69 Å². The fourth-order valence-electron chi connectivity index (χ4n) is 5.73. The summed E-state index contributed by atoms with van der Waals surface area (Å²) in [5, 5.41) is 13.3. The average Bonchev–Trinajstić information content (AvgIpc) is 3.10. The molecule has 32 heavy (non-hydrogen) atoms. The van der Waals surface area contributed by atoms with Crippen molar-refractivity contribution in [2.45, 2.75) is 50.1 Å². The molecule has 1 atom stereocenters. The Balaban J connectivity index is 0.00000245. The van der Waals surface area contributed by atoms with Gasteiger partial charge < -0.3 is 15.3 Å². The summed E-state index contributed by atoms with van der Waals surface area (Å²) in [5.41, 5.74) is 4.39. The van der Waals surface area contributed by atoms with Crippen molar-refractivity contribution < 1.29 is 9.90 Å². The Labute approximate surface area is 201 Å². The third-order valence-electron chi connectivity index (χ3n) is 7.50. The first-order valence-corrected chi connectivity index (χ1v) is 11.7. The molecule has 7 heteroatoms. The number of amides is 1. The molecule has 0 aromatic heterocycles. The second-order valence-electron chi connectivity index (χ2n) is 9.08. The van der Waals surface area contributed by atoms with Gasteiger partial charge in [-0.05, 0) is 73.4 Å². The number of carbonyl (C=O) groups excluding carboxylic acids is 1. The van der Waals surface area contributed by atoms with E-state index in [1.807, 2.05) is 18.2 Å². The molecule has 0 saturated carbocycles. The van der Waals surface area contributed by atoms with Crippen molar-refractivity contribution >= 4 is 35.6 Å². The fourth-order valence-corrected chi connectivity index (χ4v) is 6.00. The van der Waals surface area contributed by atoms with Crippen molar-refractivity contribution in [2.75, 3.05) is 31.3 Å². The highest BCUT2D eigenvalue weighted by molar-refractivity contribution is 6.31. The van der Waals surface area contributed by atoms with Crippen molar-refractivity contribution in [1.82, 2.24) is 10.2 Å². The predicted octanol–water partition coefficient (Wildman–Crippen LogP) is 3.58. The summed E-state index contributed by atoms with van der Waals surface area (Å²) in [7, 11) is 0. The lowest BCUT2D eigenvalue weighted by atomic mass is 9.82. The number of aliphatic hydroxyl groups is 1. The van der Waals surface area contributed by atoms with Crippen molar-refractivity contribution in [1.29, 1.82) is 0 Å². The minimum Gasteiger partial charge on any atom is -0.396 e. The summed E-state index contributed by atoms with van der Waals surface area (Å²) < 4.78 is 0. The van der Waals surface area contributed by atoms with Crippen molar-refractivity contribution in [3.8, 4) is 0 Å². The summed E-state index contributed by atoms with van der Waals surface area (Å²) in [6, 6.07) is 15.0. The highest BCUT2D eigenvalue weighted by Gasteiger charge is 2.51. The topological polar surface area (TPSA) is 55.8 Å². The van der Waals surface area contributed by atoms with E-state index in [1.54, 1.807) is 0 Å². The Morgan fingerprint density at radius 1 is 1.16 bits per heavy atom. The van der Waals surface area contributed by atoms with Crippen molar-refractivity contribution in [3.05, 3.63) is 64.2 Å². The number of aryl methyl sites for hydroxylation is 1. The SMILES string of the molecule is Cl.O=C1NCN(c2cccc(CCO)c2)C12CCN(C1CCc3cccc(Cl)c3C1)CC2. The number of nitrogens with zero attached hydrogens (tertiary/aromatic N) is 2. The molecule has 0 radical (unpaired) electrons. The van der Waals surface area contributed by atoms with E-state index in [0.29, 0.717) is 19.1 Å². The largest absolute Gasteiger partial charge is 0.396 e. The zero-order valence-corrected chi connectivity index (χ0v) is 19.8. The van der Waals surface area contributed by atoms with E-state index in [2.05, 4.69) is 39.4 Å². The van der Waals surface area contributed by atoms with Gasteiger partial charge in [0, 0.05) is 36.4 Å². The van der Waals surface area contributed by atoms with Gasteiger partial charge in [-0.15, -0.1) is 12.4 Å². The summed E-state index contributed by atoms with van der Waals surface area (Å²) in [6.07, 6.45) is 5.52. The average molecular weight is 476 g/mol. The van der Waals surface area contributed by atoms with Gasteiger partial charge in [-0.25, -0.2) is 0 Å². The smallest absolute Gasteiger partial charge is 0.247 e. The van der Waals surface area contributed by atoms with Crippen LogP contribution in [0, 0.1) is 0 Å². The van der Waals surface area contributed by atoms with Gasteiger partial charge in [-0.2, -0.15) is 0 Å². The molecule has 5 rings (SSSR count). The van der Waals surface area contributed by atoms with E-state index >= 15 is 0 Å². The van der Waals surface area contributed by atoms with Gasteiger partial charge in [0.2, 0.25) is 5.91 Å². The molecule has 0 bridgehead atoms. The van der Waals surface area contributed by atoms with Gasteiger partial charge in [0.05, 0.1) is 6.67 Å². The number of fused-ring (bicyclic) bond motifs is 1. The molecule has 3 aliphatic rings. The van der Waals surface area contributed by atoms with Gasteiger partial charge in [0.15, 0.2) is 0 Å². The van der Waals surface area contributed by atoms with Gasteiger partial charge in [0.25, 0.3) is 0 Å². The lowest BCUT2D eigenvalue weighted by molar-refractivity contribution is -0.125. The Bertz CT molecular complexity index is 975. The molecule has 2 heterocycles. The molecule has 1 aliphatic carbocycles. The van der Waals surface area contributed by atoms with E-state index in [0.717, 1.165) is 61.5 Å². The molecule has 1 spiro atoms. The highest BCUT2D eigenvalue weighted by atomic mass is 35.5. The number of anilines is 1. The first kappa shape index (κ1) is 23.4. The third kappa shape index (κ3) is 4.12. The highest BCUT2D eigenvalue weighted by Crippen LogP contribution is 2.38. The quantitative estimate of drug-likeness (QED) is 0.709. The first-order chi connectivity index (χ1) is 15.1. The number of nitrogens with one attached hydrogen (secondary N) is 1. The number of halogens is 2. The zero-order valence-electron chi connectivity index (χ0n) is 18.2. The van der Waals surface area contributed by atoms with Crippen LogP contribution >= 0.6 is 24.0 Å². The van der Waals surface area contributed by atoms with Crippen LogP contribution in [-0.4, -0.2) is 53.9 Å². The van der Waals surface area contributed by atoms with E-state index in [9.17, 15) is 9.90 Å². The minimum absolute atomic E-state index is 0. The van der Waals surface area contributed by atoms with E-state index in [1.165, 1.54) is 11.1 Å². The number of piperidine rings is 1. The molecule has 172 valence electrons. The lowest BCUT2D eigenvalue weighted by Crippen LogP contribution is -2.58. The van der Waals surface area contributed by atoms with E-state index in [4.69, 9.17) is 11.6 Å². The maximum absolute atomic E-state index is 13.0. The van der Waals surface area contributed by atoms with Crippen LogP contribution in [0.5, 0.6) is 0 Å². The Morgan fingerprint density at radius 2 is 1.94 bits per heavy atom. The number of benzene rings is 2. The van der Waals surface area contributed by atoms with Gasteiger partial charge in [-0.1, -0.05) is 35.9 Å². The Kier molecular flexibility index (Phi) is 7.01. The number of likely N-dealkylation sites (tertiary alicyclic amines) is 1. The molecule has 2 N–H and O–H groups in total. The molecule has 1 unspecified atom stereocenters. The third-order valence-corrected chi connectivity index (χ3v) is 7.86. The summed E-state index contributed by atoms with van der Waals surface area (Å²) in [5.74, 6) is 0.150. The van der Waals surface area contributed by atoms with E-state index < -0.39 is 5.54 Å². The first-order valence-electron chi connectivity index (χ1n) is 11.4. The normalized spacial score (nSPS) is 22.4. The van der Waals surface area contributed by atoms with Crippen LogP contribution in [-0.2, 0) is 24.1 Å². The molecule has 2 aromatic rings. The van der Waals surface area contributed by atoms with Crippen LogP contribution in [0.15, 0.2) is 42.5 Å². The molecule has 2 aliphatic heterocycles. The molecular formula is C25H31Cl2N3O2. The summed E-state index contributed by atoms with van der Waals surface area (Å²) >= 11 is 6.49. The maximum Gasteiger partial charge on any atom is 0.247 e. The van der Waals surface area contributed by atoms with Crippen LogP contribution in [0.25, 0.3) is 0 Å². The predicted molar refractivity (Wildman–Crippen MR) is 131 cm³/mol. The van der Waals surface area contributed by atoms with Crippen molar-refractivity contribution in [2.24, 2.45) is 0 Å². The van der Waals surface area contributed by atoms with Crippen LogP contribution in [0.2, 0.25) is 5.02 Å².